The average Bonchev–Trinajstić information content (AvgIpc) is 2.72. The van der Waals surface area contributed by atoms with Crippen LogP contribution in [-0.2, 0) is 4.84 Å². The molecule has 1 saturated carbocycles. The van der Waals surface area contributed by atoms with Gasteiger partial charge in [0.25, 0.3) is 0 Å². The van der Waals surface area contributed by atoms with E-state index in [2.05, 4.69) is 0 Å². The van der Waals surface area contributed by atoms with Crippen LogP contribution >= 0.6 is 0 Å². The van der Waals surface area contributed by atoms with Gasteiger partial charge in [-0.1, -0.05) is 31.0 Å². The molecule has 1 fully saturated rings. The summed E-state index contributed by atoms with van der Waals surface area (Å²) in [6.07, 6.45) is 4.68. The lowest BCUT2D eigenvalue weighted by Gasteiger charge is -2.20. The van der Waals surface area contributed by atoms with Crippen LogP contribution in [0.5, 0.6) is 0 Å². The Kier molecular flexibility index (Phi) is 3.01. The number of benzene rings is 1. The van der Waals surface area contributed by atoms with Gasteiger partial charge in [0.15, 0.2) is 0 Å². The van der Waals surface area contributed by atoms with Gasteiger partial charge < -0.3 is 0 Å². The van der Waals surface area contributed by atoms with Crippen molar-refractivity contribution in [3.05, 3.63) is 30.3 Å². The molecule has 0 heterocycles. The van der Waals surface area contributed by atoms with E-state index in [4.69, 9.17) is 4.84 Å². The van der Waals surface area contributed by atoms with Crippen LogP contribution in [-0.4, -0.2) is 11.3 Å². The van der Waals surface area contributed by atoms with E-state index in [1.807, 2.05) is 30.3 Å². The van der Waals surface area contributed by atoms with Gasteiger partial charge in [-0.2, -0.15) is 0 Å². The van der Waals surface area contributed by atoms with Crippen LogP contribution in [0.15, 0.2) is 30.3 Å². The first-order valence-electron chi connectivity index (χ1n) is 5.07. The monoisotopic (exact) mass is 193 g/mol. The molecular weight excluding hydrogens is 178 g/mol. The molecule has 3 nitrogen and oxygen atoms in total. The van der Waals surface area contributed by atoms with Crippen LogP contribution in [0, 0.1) is 0 Å². The molecule has 0 spiro atoms. The Morgan fingerprint density at radius 1 is 1.14 bits per heavy atom. The third-order valence-electron chi connectivity index (χ3n) is 2.53. The maximum Gasteiger partial charge on any atom is 0.0945 e. The zero-order valence-electron chi connectivity index (χ0n) is 8.10. The summed E-state index contributed by atoms with van der Waals surface area (Å²) < 4.78 is 0. The molecule has 0 aliphatic heterocycles. The molecule has 0 aromatic heterocycles. The lowest BCUT2D eigenvalue weighted by Crippen LogP contribution is -2.24. The average molecular weight is 193 g/mol. The largest absolute Gasteiger partial charge is 0.264 e. The molecule has 0 amide bonds. The number of hydrogen-bond acceptors (Lipinski definition) is 3. The van der Waals surface area contributed by atoms with Crippen molar-refractivity contribution in [2.24, 2.45) is 0 Å². The Hall–Kier alpha value is -1.06. The third kappa shape index (κ3) is 2.25. The second-order valence-electron chi connectivity index (χ2n) is 3.62. The van der Waals surface area contributed by atoms with Gasteiger partial charge >= 0.3 is 0 Å². The van der Waals surface area contributed by atoms with E-state index in [9.17, 15) is 5.21 Å². The molecule has 3 heteroatoms. The molecule has 1 aromatic carbocycles. The fourth-order valence-electron chi connectivity index (χ4n) is 1.75. The zero-order valence-corrected chi connectivity index (χ0v) is 8.10. The standard InChI is InChI=1S/C11H15NO2/c13-12(10-6-2-1-3-7-10)14-11-8-4-5-9-11/h1-3,6-7,11,13H,4-5,8-9H2. The van der Waals surface area contributed by atoms with Crippen molar-refractivity contribution >= 4 is 5.69 Å². The smallest absolute Gasteiger partial charge is 0.0945 e. The number of rotatable bonds is 3. The van der Waals surface area contributed by atoms with Gasteiger partial charge in [0, 0.05) is 0 Å². The van der Waals surface area contributed by atoms with E-state index >= 15 is 0 Å². The molecule has 1 aliphatic carbocycles. The highest BCUT2D eigenvalue weighted by Gasteiger charge is 2.18. The van der Waals surface area contributed by atoms with E-state index in [1.165, 1.54) is 12.8 Å². The first kappa shape index (κ1) is 9.49. The maximum atomic E-state index is 9.59. The fourth-order valence-corrected chi connectivity index (χ4v) is 1.75. The van der Waals surface area contributed by atoms with Crippen LogP contribution in [0.4, 0.5) is 5.69 Å². The summed E-state index contributed by atoms with van der Waals surface area (Å²) in [5.74, 6) is 0. The van der Waals surface area contributed by atoms with Crippen molar-refractivity contribution in [1.29, 1.82) is 0 Å². The van der Waals surface area contributed by atoms with Gasteiger partial charge in [-0.15, -0.1) is 5.23 Å². The number of para-hydroxylation sites is 1. The summed E-state index contributed by atoms with van der Waals surface area (Å²) in [7, 11) is 0. The Labute approximate surface area is 83.8 Å². The van der Waals surface area contributed by atoms with Crippen LogP contribution in [0.2, 0.25) is 0 Å². The van der Waals surface area contributed by atoms with Gasteiger partial charge in [-0.25, -0.2) is 4.84 Å². The second-order valence-corrected chi connectivity index (χ2v) is 3.62. The van der Waals surface area contributed by atoms with E-state index < -0.39 is 0 Å². The van der Waals surface area contributed by atoms with E-state index in [-0.39, 0.29) is 6.10 Å². The summed E-state index contributed by atoms with van der Waals surface area (Å²) in [4.78, 5) is 5.39. The summed E-state index contributed by atoms with van der Waals surface area (Å²) in [6, 6.07) is 9.28. The molecule has 0 radical (unpaired) electrons. The normalized spacial score (nSPS) is 17.2. The number of hydrogen-bond donors (Lipinski definition) is 1. The van der Waals surface area contributed by atoms with Gasteiger partial charge in [0.1, 0.15) is 0 Å². The van der Waals surface area contributed by atoms with Crippen LogP contribution in [0.1, 0.15) is 25.7 Å². The van der Waals surface area contributed by atoms with Crippen LogP contribution in [0.25, 0.3) is 0 Å². The molecule has 0 saturated heterocycles. The fraction of sp³-hybridized carbons (Fsp3) is 0.455. The molecular formula is C11H15NO2. The van der Waals surface area contributed by atoms with Crippen molar-refractivity contribution < 1.29 is 10.0 Å². The minimum Gasteiger partial charge on any atom is -0.264 e. The highest BCUT2D eigenvalue weighted by Crippen LogP contribution is 2.23. The van der Waals surface area contributed by atoms with E-state index in [1.54, 1.807) is 0 Å². The molecule has 0 bridgehead atoms. The topological polar surface area (TPSA) is 32.7 Å². The van der Waals surface area contributed by atoms with Crippen molar-refractivity contribution in [2.45, 2.75) is 31.8 Å². The molecule has 14 heavy (non-hydrogen) atoms. The van der Waals surface area contributed by atoms with Gasteiger partial charge in [-0.3, -0.25) is 5.21 Å². The predicted octanol–water partition coefficient (Wildman–Crippen LogP) is 2.76. The van der Waals surface area contributed by atoms with Crippen molar-refractivity contribution in [1.82, 2.24) is 0 Å². The molecule has 1 aliphatic rings. The van der Waals surface area contributed by atoms with Gasteiger partial charge in [0.05, 0.1) is 11.8 Å². The predicted molar refractivity (Wildman–Crippen MR) is 54.0 cm³/mol. The Bertz CT molecular complexity index is 270. The molecule has 2 rings (SSSR count). The first-order valence-corrected chi connectivity index (χ1v) is 5.07. The van der Waals surface area contributed by atoms with E-state index in [0.29, 0.717) is 5.69 Å². The zero-order chi connectivity index (χ0) is 9.80. The van der Waals surface area contributed by atoms with E-state index in [0.717, 1.165) is 18.1 Å². The summed E-state index contributed by atoms with van der Waals surface area (Å²) >= 11 is 0. The molecule has 0 unspecified atom stereocenters. The Morgan fingerprint density at radius 3 is 2.43 bits per heavy atom. The second kappa shape index (κ2) is 4.44. The van der Waals surface area contributed by atoms with Crippen molar-refractivity contribution in [3.8, 4) is 0 Å². The minimum atomic E-state index is 0.181. The third-order valence-corrected chi connectivity index (χ3v) is 2.53. The Morgan fingerprint density at radius 2 is 1.79 bits per heavy atom. The van der Waals surface area contributed by atoms with Crippen LogP contribution < -0.4 is 5.23 Å². The molecule has 0 atom stereocenters. The van der Waals surface area contributed by atoms with Gasteiger partial charge in [-0.05, 0) is 25.0 Å². The minimum absolute atomic E-state index is 0.181. The molecule has 1 N–H and O–H groups in total. The summed E-state index contributed by atoms with van der Waals surface area (Å²) in [6.45, 7) is 0. The molecule has 1 aromatic rings. The molecule has 76 valence electrons. The van der Waals surface area contributed by atoms with Gasteiger partial charge in [0.2, 0.25) is 0 Å². The Balaban J connectivity index is 1.92. The highest BCUT2D eigenvalue weighted by molar-refractivity contribution is 5.40. The highest BCUT2D eigenvalue weighted by atomic mass is 16.9. The lowest BCUT2D eigenvalue weighted by atomic mass is 10.3. The van der Waals surface area contributed by atoms with Crippen molar-refractivity contribution in [3.63, 3.8) is 0 Å². The number of nitrogens with zero attached hydrogens (tertiary/aromatic N) is 1. The quantitative estimate of drug-likeness (QED) is 0.749. The number of anilines is 1. The SMILES string of the molecule is ON(OC1CCCC1)c1ccccc1. The first-order chi connectivity index (χ1) is 6.86. The lowest BCUT2D eigenvalue weighted by molar-refractivity contribution is -0.0813. The summed E-state index contributed by atoms with van der Waals surface area (Å²) in [5.41, 5.74) is 0.680. The van der Waals surface area contributed by atoms with Crippen molar-refractivity contribution in [2.75, 3.05) is 5.23 Å². The maximum absolute atomic E-state index is 9.59. The van der Waals surface area contributed by atoms with Crippen LogP contribution in [0.3, 0.4) is 0 Å². The summed E-state index contributed by atoms with van der Waals surface area (Å²) in [5, 5.41) is 10.5.